The highest BCUT2D eigenvalue weighted by atomic mass is 35.5. The summed E-state index contributed by atoms with van der Waals surface area (Å²) >= 11 is 5.74. The number of ether oxygens (including phenoxy) is 1. The Morgan fingerprint density at radius 3 is 2.32 bits per heavy atom. The first-order valence-electron chi connectivity index (χ1n) is 5.65. The van der Waals surface area contributed by atoms with E-state index in [0.717, 1.165) is 0 Å². The van der Waals surface area contributed by atoms with Crippen LogP contribution in [-0.4, -0.2) is 11.8 Å². The van der Waals surface area contributed by atoms with Crippen LogP contribution in [0.25, 0.3) is 0 Å². The molecule has 2 aromatic rings. The van der Waals surface area contributed by atoms with E-state index in [1.54, 1.807) is 42.5 Å². The predicted molar refractivity (Wildman–Crippen MR) is 72.9 cm³/mol. The lowest BCUT2D eigenvalue weighted by atomic mass is 10.1. The third-order valence-electron chi connectivity index (χ3n) is 2.53. The fraction of sp³-hybridized carbons (Fsp3) is 0.0667. The number of Topliss-reactive ketones (excluding diaryl/α,β-unsaturated/α-hetero) is 1. The molecule has 0 aliphatic carbocycles. The maximum Gasteiger partial charge on any atom is 0.343 e. The van der Waals surface area contributed by atoms with E-state index >= 15 is 0 Å². The van der Waals surface area contributed by atoms with Crippen molar-refractivity contribution in [2.24, 2.45) is 0 Å². The van der Waals surface area contributed by atoms with E-state index in [-0.39, 0.29) is 5.78 Å². The lowest BCUT2D eigenvalue weighted by molar-refractivity contribution is 0.0733. The Balaban J connectivity index is 2.17. The van der Waals surface area contributed by atoms with E-state index in [0.29, 0.717) is 21.9 Å². The highest BCUT2D eigenvalue weighted by Gasteiger charge is 2.09. The van der Waals surface area contributed by atoms with Gasteiger partial charge < -0.3 is 4.74 Å². The van der Waals surface area contributed by atoms with Crippen LogP contribution in [0.1, 0.15) is 27.6 Å². The minimum atomic E-state index is -0.489. The van der Waals surface area contributed by atoms with Gasteiger partial charge in [-0.15, -0.1) is 0 Å². The second-order valence-electron chi connectivity index (χ2n) is 3.98. The molecule has 0 fully saturated rings. The lowest BCUT2D eigenvalue weighted by Crippen LogP contribution is -2.08. The maximum absolute atomic E-state index is 11.9. The summed E-state index contributed by atoms with van der Waals surface area (Å²) in [5.74, 6) is -0.227. The molecule has 4 heteroatoms. The van der Waals surface area contributed by atoms with Gasteiger partial charge in [0.05, 0.1) is 5.56 Å². The molecular formula is C15H11ClO3. The normalized spacial score (nSPS) is 10.0. The summed E-state index contributed by atoms with van der Waals surface area (Å²) in [5, 5.41) is 0.551. The smallest absolute Gasteiger partial charge is 0.343 e. The Morgan fingerprint density at radius 2 is 1.68 bits per heavy atom. The van der Waals surface area contributed by atoms with Gasteiger partial charge in [-0.1, -0.05) is 23.7 Å². The number of rotatable bonds is 3. The lowest BCUT2D eigenvalue weighted by Gasteiger charge is -2.05. The summed E-state index contributed by atoms with van der Waals surface area (Å²) in [6, 6.07) is 12.9. The Labute approximate surface area is 115 Å². The number of ketones is 1. The van der Waals surface area contributed by atoms with Crippen LogP contribution in [0.4, 0.5) is 0 Å². The van der Waals surface area contributed by atoms with E-state index in [4.69, 9.17) is 16.3 Å². The second kappa shape index (κ2) is 5.67. The Kier molecular flexibility index (Phi) is 3.97. The summed E-state index contributed by atoms with van der Waals surface area (Å²) in [6.07, 6.45) is 0. The molecular weight excluding hydrogens is 264 g/mol. The van der Waals surface area contributed by atoms with Gasteiger partial charge in [0.25, 0.3) is 0 Å². The van der Waals surface area contributed by atoms with Crippen molar-refractivity contribution < 1.29 is 14.3 Å². The molecule has 0 saturated heterocycles. The van der Waals surface area contributed by atoms with Gasteiger partial charge in [0, 0.05) is 10.6 Å². The molecule has 96 valence electrons. The largest absolute Gasteiger partial charge is 0.423 e. The van der Waals surface area contributed by atoms with Crippen LogP contribution >= 0.6 is 11.6 Å². The van der Waals surface area contributed by atoms with Gasteiger partial charge in [0.2, 0.25) is 0 Å². The molecule has 0 heterocycles. The number of hydrogen-bond acceptors (Lipinski definition) is 3. The SMILES string of the molecule is CC(=O)c1cccc(OC(=O)c2ccc(Cl)cc2)c1. The second-order valence-corrected chi connectivity index (χ2v) is 4.42. The van der Waals surface area contributed by atoms with Crippen LogP contribution < -0.4 is 4.74 Å². The average molecular weight is 275 g/mol. The summed E-state index contributed by atoms with van der Waals surface area (Å²) in [6.45, 7) is 1.46. The van der Waals surface area contributed by atoms with Crippen molar-refractivity contribution in [3.05, 3.63) is 64.7 Å². The van der Waals surface area contributed by atoms with Crippen LogP contribution in [0, 0.1) is 0 Å². The molecule has 3 nitrogen and oxygen atoms in total. The van der Waals surface area contributed by atoms with E-state index in [1.807, 2.05) is 0 Å². The summed E-state index contributed by atoms with van der Waals surface area (Å²) < 4.78 is 5.20. The minimum absolute atomic E-state index is 0.0793. The number of benzene rings is 2. The monoisotopic (exact) mass is 274 g/mol. The number of esters is 1. The van der Waals surface area contributed by atoms with Gasteiger partial charge in [-0.2, -0.15) is 0 Å². The van der Waals surface area contributed by atoms with E-state index in [2.05, 4.69) is 0 Å². The molecule has 0 amide bonds. The van der Waals surface area contributed by atoms with E-state index in [1.165, 1.54) is 13.0 Å². The molecule has 0 aliphatic rings. The molecule has 0 spiro atoms. The zero-order valence-corrected chi connectivity index (χ0v) is 11.0. The number of carbonyl (C=O) groups is 2. The van der Waals surface area contributed by atoms with Crippen LogP contribution in [-0.2, 0) is 0 Å². The third-order valence-corrected chi connectivity index (χ3v) is 2.78. The molecule has 2 aromatic carbocycles. The Hall–Kier alpha value is -2.13. The standard InChI is InChI=1S/C15H11ClO3/c1-10(17)12-3-2-4-14(9-12)19-15(18)11-5-7-13(16)8-6-11/h2-9H,1H3. The van der Waals surface area contributed by atoms with Crippen molar-refractivity contribution in [2.75, 3.05) is 0 Å². The third kappa shape index (κ3) is 3.42. The maximum atomic E-state index is 11.9. The number of hydrogen-bond donors (Lipinski definition) is 0. The molecule has 0 aromatic heterocycles. The molecule has 0 unspecified atom stereocenters. The quantitative estimate of drug-likeness (QED) is 0.486. The van der Waals surface area contributed by atoms with Crippen LogP contribution in [0.3, 0.4) is 0 Å². The van der Waals surface area contributed by atoms with E-state index in [9.17, 15) is 9.59 Å². The van der Waals surface area contributed by atoms with Gasteiger partial charge in [-0.05, 0) is 43.3 Å². The van der Waals surface area contributed by atoms with Crippen molar-refractivity contribution in [2.45, 2.75) is 6.92 Å². The zero-order chi connectivity index (χ0) is 13.8. The van der Waals surface area contributed by atoms with Gasteiger partial charge in [0.1, 0.15) is 5.75 Å². The fourth-order valence-electron chi connectivity index (χ4n) is 1.53. The van der Waals surface area contributed by atoms with Crippen LogP contribution in [0.15, 0.2) is 48.5 Å². The van der Waals surface area contributed by atoms with Crippen molar-refractivity contribution in [1.29, 1.82) is 0 Å². The molecule has 0 bridgehead atoms. The average Bonchev–Trinajstić information content (AvgIpc) is 2.39. The Morgan fingerprint density at radius 1 is 1.00 bits per heavy atom. The van der Waals surface area contributed by atoms with Crippen LogP contribution in [0.5, 0.6) is 5.75 Å². The van der Waals surface area contributed by atoms with Gasteiger partial charge in [0.15, 0.2) is 5.78 Å². The van der Waals surface area contributed by atoms with Crippen molar-refractivity contribution in [3.63, 3.8) is 0 Å². The summed E-state index contributed by atoms with van der Waals surface area (Å²) in [5.41, 5.74) is 0.902. The molecule has 19 heavy (non-hydrogen) atoms. The van der Waals surface area contributed by atoms with Crippen molar-refractivity contribution in [3.8, 4) is 5.75 Å². The predicted octanol–water partition coefficient (Wildman–Crippen LogP) is 3.76. The molecule has 2 rings (SSSR count). The molecule has 0 saturated carbocycles. The minimum Gasteiger partial charge on any atom is -0.423 e. The number of halogens is 1. The topological polar surface area (TPSA) is 43.4 Å². The molecule has 0 N–H and O–H groups in total. The molecule has 0 aliphatic heterocycles. The van der Waals surface area contributed by atoms with E-state index < -0.39 is 5.97 Å². The zero-order valence-electron chi connectivity index (χ0n) is 10.2. The van der Waals surface area contributed by atoms with Crippen molar-refractivity contribution in [1.82, 2.24) is 0 Å². The Bertz CT molecular complexity index is 618. The van der Waals surface area contributed by atoms with Crippen LogP contribution in [0.2, 0.25) is 5.02 Å². The first-order valence-corrected chi connectivity index (χ1v) is 6.03. The first kappa shape index (κ1) is 13.3. The summed E-state index contributed by atoms with van der Waals surface area (Å²) in [7, 11) is 0. The fourth-order valence-corrected chi connectivity index (χ4v) is 1.66. The van der Waals surface area contributed by atoms with Gasteiger partial charge in [-0.25, -0.2) is 4.79 Å². The molecule has 0 radical (unpaired) electrons. The van der Waals surface area contributed by atoms with Gasteiger partial charge in [-0.3, -0.25) is 4.79 Å². The highest BCUT2D eigenvalue weighted by Crippen LogP contribution is 2.16. The summed E-state index contributed by atoms with van der Waals surface area (Å²) in [4.78, 5) is 23.1. The first-order chi connectivity index (χ1) is 9.06. The number of carbonyl (C=O) groups excluding carboxylic acids is 2. The van der Waals surface area contributed by atoms with Gasteiger partial charge >= 0.3 is 5.97 Å². The van der Waals surface area contributed by atoms with Crippen molar-refractivity contribution >= 4 is 23.4 Å². The highest BCUT2D eigenvalue weighted by molar-refractivity contribution is 6.30. The molecule has 0 atom stereocenters.